The topological polar surface area (TPSA) is 87.2 Å². The molecule has 1 aromatic heterocycles. The first-order valence-electron chi connectivity index (χ1n) is 7.52. The summed E-state index contributed by atoms with van der Waals surface area (Å²) in [5, 5.41) is 11.4. The minimum Gasteiger partial charge on any atom is -0.369 e. The minimum atomic E-state index is -0.477. The second-order valence-corrected chi connectivity index (χ2v) is 5.80. The van der Waals surface area contributed by atoms with Gasteiger partial charge in [-0.15, -0.1) is 12.4 Å². The lowest BCUT2D eigenvalue weighted by atomic mass is 9.80. The van der Waals surface area contributed by atoms with Crippen LogP contribution in [0.25, 0.3) is 0 Å². The number of aromatic nitrogens is 1. The Balaban J connectivity index is 0.00000225. The van der Waals surface area contributed by atoms with Crippen molar-refractivity contribution < 1.29 is 8.78 Å². The fraction of sp³-hybridized carbons (Fsp3) is 0.235. The summed E-state index contributed by atoms with van der Waals surface area (Å²) in [5.41, 5.74) is 11.3. The molecule has 1 atom stereocenters. The van der Waals surface area contributed by atoms with Gasteiger partial charge in [0.15, 0.2) is 0 Å². The molecule has 0 aliphatic heterocycles. The van der Waals surface area contributed by atoms with Crippen LogP contribution in [0, 0.1) is 24.0 Å². The van der Waals surface area contributed by atoms with Gasteiger partial charge in [-0.2, -0.15) is 5.10 Å². The number of halogens is 3. The summed E-state index contributed by atoms with van der Waals surface area (Å²) in [5.74, 6) is -1.49. The maximum Gasteiger partial charge on any atom is 0.206 e. The molecular formula is C17H18ClF2N5. The number of hydrogen-bond acceptors (Lipinski definition) is 3. The van der Waals surface area contributed by atoms with Gasteiger partial charge in [-0.3, -0.25) is 10.4 Å². The van der Waals surface area contributed by atoms with Crippen LogP contribution in [0.2, 0.25) is 0 Å². The molecule has 0 fully saturated rings. The highest BCUT2D eigenvalue weighted by Gasteiger charge is 2.29. The number of pyridine rings is 1. The predicted molar refractivity (Wildman–Crippen MR) is 95.2 cm³/mol. The highest BCUT2D eigenvalue weighted by Crippen LogP contribution is 2.34. The molecule has 4 N–H and O–H groups in total. The number of nitrogens with two attached hydrogens (primary N) is 1. The second kappa shape index (κ2) is 7.57. The molecule has 1 unspecified atom stereocenters. The fourth-order valence-electron chi connectivity index (χ4n) is 3.08. The van der Waals surface area contributed by atoms with Gasteiger partial charge in [-0.1, -0.05) is 0 Å². The van der Waals surface area contributed by atoms with Crippen LogP contribution in [-0.2, 0) is 6.42 Å². The van der Waals surface area contributed by atoms with Gasteiger partial charge in [0, 0.05) is 11.8 Å². The average Bonchev–Trinajstić information content (AvgIpc) is 2.54. The number of hydrogen-bond donors (Lipinski definition) is 3. The predicted octanol–water partition coefficient (Wildman–Crippen LogP) is 3.01. The quantitative estimate of drug-likeness (QED) is 0.434. The molecule has 0 saturated heterocycles. The van der Waals surface area contributed by atoms with E-state index in [0.29, 0.717) is 24.1 Å². The smallest absolute Gasteiger partial charge is 0.206 e. The van der Waals surface area contributed by atoms with E-state index in [1.54, 1.807) is 6.20 Å². The number of benzene rings is 1. The van der Waals surface area contributed by atoms with Crippen LogP contribution in [0.1, 0.15) is 34.7 Å². The molecule has 0 bridgehead atoms. The molecule has 1 aliphatic carbocycles. The molecule has 8 heteroatoms. The zero-order chi connectivity index (χ0) is 17.3. The van der Waals surface area contributed by atoms with Crippen molar-refractivity contribution in [3.8, 4) is 0 Å². The molecule has 0 spiro atoms. The lowest BCUT2D eigenvalue weighted by molar-refractivity contribution is 0.554. The summed E-state index contributed by atoms with van der Waals surface area (Å²) >= 11 is 0. The monoisotopic (exact) mass is 365 g/mol. The van der Waals surface area contributed by atoms with Crippen molar-refractivity contribution in [1.82, 2.24) is 10.4 Å². The van der Waals surface area contributed by atoms with Crippen LogP contribution in [0.3, 0.4) is 0 Å². The number of rotatable bonds is 2. The van der Waals surface area contributed by atoms with E-state index in [2.05, 4.69) is 15.5 Å². The van der Waals surface area contributed by atoms with E-state index in [4.69, 9.17) is 11.1 Å². The first-order valence-corrected chi connectivity index (χ1v) is 7.52. The first-order chi connectivity index (χ1) is 11.5. The number of nitrogens with one attached hydrogen (secondary N) is 2. The van der Waals surface area contributed by atoms with Gasteiger partial charge in [0.05, 0.1) is 11.4 Å². The number of guanidine groups is 1. The number of hydrazone groups is 1. The summed E-state index contributed by atoms with van der Waals surface area (Å²) in [6.07, 6.45) is 2.59. The molecular weight excluding hydrogens is 348 g/mol. The summed E-state index contributed by atoms with van der Waals surface area (Å²) in [6.45, 7) is 1.94. The molecule has 0 amide bonds. The van der Waals surface area contributed by atoms with E-state index in [1.165, 1.54) is 6.07 Å². The van der Waals surface area contributed by atoms with Crippen molar-refractivity contribution in [1.29, 1.82) is 5.41 Å². The van der Waals surface area contributed by atoms with Crippen molar-refractivity contribution in [2.75, 3.05) is 0 Å². The van der Waals surface area contributed by atoms with E-state index in [0.717, 1.165) is 29.0 Å². The van der Waals surface area contributed by atoms with Gasteiger partial charge in [-0.05, 0) is 61.1 Å². The molecule has 3 rings (SSSR count). The first kappa shape index (κ1) is 18.8. The SMILES string of the molecule is Cc1ccnc2c1C(=NNC(=N)N)CC(c1cc(F)ccc1F)C2.Cl. The van der Waals surface area contributed by atoms with Gasteiger partial charge in [-0.25, -0.2) is 14.2 Å². The van der Waals surface area contributed by atoms with Gasteiger partial charge < -0.3 is 5.73 Å². The maximum absolute atomic E-state index is 14.2. The number of nitrogens with zero attached hydrogens (tertiary/aromatic N) is 2. The van der Waals surface area contributed by atoms with Crippen molar-refractivity contribution >= 4 is 24.1 Å². The Labute approximate surface area is 150 Å². The van der Waals surface area contributed by atoms with Gasteiger partial charge in [0.2, 0.25) is 5.96 Å². The molecule has 1 aromatic carbocycles. The third-order valence-electron chi connectivity index (χ3n) is 4.12. The largest absolute Gasteiger partial charge is 0.369 e. The van der Waals surface area contributed by atoms with Crippen molar-refractivity contribution in [2.24, 2.45) is 10.8 Å². The minimum absolute atomic E-state index is 0. The normalized spacial score (nSPS) is 17.6. The number of aryl methyl sites for hydroxylation is 1. The molecule has 2 aromatic rings. The van der Waals surface area contributed by atoms with E-state index in [1.807, 2.05) is 13.0 Å². The summed E-state index contributed by atoms with van der Waals surface area (Å²) in [6, 6.07) is 5.32. The average molecular weight is 366 g/mol. The molecule has 1 heterocycles. The molecule has 5 nitrogen and oxygen atoms in total. The third-order valence-corrected chi connectivity index (χ3v) is 4.12. The standard InChI is InChI=1S/C17H17F2N5.ClH/c1-9-4-5-22-14-6-10(12-8-11(18)2-3-13(12)19)7-15(16(9)14)23-24-17(20)21;/h2-5,8,10H,6-7H2,1H3,(H4,20,21,24);1H. The maximum atomic E-state index is 14.2. The third kappa shape index (κ3) is 3.93. The zero-order valence-corrected chi connectivity index (χ0v) is 14.3. The van der Waals surface area contributed by atoms with Crippen molar-refractivity contribution in [2.45, 2.75) is 25.7 Å². The summed E-state index contributed by atoms with van der Waals surface area (Å²) in [4.78, 5) is 4.38. The lowest BCUT2D eigenvalue weighted by Gasteiger charge is -2.27. The Bertz CT molecular complexity index is 838. The molecule has 0 saturated carbocycles. The van der Waals surface area contributed by atoms with Gasteiger partial charge in [0.1, 0.15) is 11.6 Å². The number of fused-ring (bicyclic) bond motifs is 1. The highest BCUT2D eigenvalue weighted by atomic mass is 35.5. The summed E-state index contributed by atoms with van der Waals surface area (Å²) in [7, 11) is 0. The Kier molecular flexibility index (Phi) is 5.69. The van der Waals surface area contributed by atoms with Crippen molar-refractivity contribution in [3.63, 3.8) is 0 Å². The molecule has 0 radical (unpaired) electrons. The molecule has 25 heavy (non-hydrogen) atoms. The molecule has 1 aliphatic rings. The Morgan fingerprint density at radius 1 is 1.32 bits per heavy atom. The Morgan fingerprint density at radius 2 is 2.08 bits per heavy atom. The molecule has 132 valence electrons. The van der Waals surface area contributed by atoms with Crippen LogP contribution in [-0.4, -0.2) is 16.7 Å². The van der Waals surface area contributed by atoms with E-state index < -0.39 is 11.6 Å². The fourth-order valence-corrected chi connectivity index (χ4v) is 3.08. The van der Waals surface area contributed by atoms with E-state index in [-0.39, 0.29) is 24.3 Å². The zero-order valence-electron chi connectivity index (χ0n) is 13.5. The van der Waals surface area contributed by atoms with Gasteiger partial charge >= 0.3 is 0 Å². The highest BCUT2D eigenvalue weighted by molar-refractivity contribution is 6.04. The second-order valence-electron chi connectivity index (χ2n) is 5.80. The van der Waals surface area contributed by atoms with Crippen LogP contribution < -0.4 is 11.2 Å². The van der Waals surface area contributed by atoms with E-state index in [9.17, 15) is 8.78 Å². The lowest BCUT2D eigenvalue weighted by Crippen LogP contribution is -2.30. The van der Waals surface area contributed by atoms with Crippen molar-refractivity contribution in [3.05, 3.63) is 64.5 Å². The van der Waals surface area contributed by atoms with Crippen LogP contribution in [0.15, 0.2) is 35.6 Å². The van der Waals surface area contributed by atoms with E-state index >= 15 is 0 Å². The Morgan fingerprint density at radius 3 is 2.80 bits per heavy atom. The van der Waals surface area contributed by atoms with Crippen LogP contribution in [0.5, 0.6) is 0 Å². The Hall–Kier alpha value is -2.54. The van der Waals surface area contributed by atoms with Crippen LogP contribution >= 0.6 is 12.4 Å². The summed E-state index contributed by atoms with van der Waals surface area (Å²) < 4.78 is 27.7. The van der Waals surface area contributed by atoms with Crippen LogP contribution in [0.4, 0.5) is 8.78 Å². The van der Waals surface area contributed by atoms with Gasteiger partial charge in [0.25, 0.3) is 0 Å².